The Bertz CT molecular complexity index is 710. The van der Waals surface area contributed by atoms with Crippen molar-refractivity contribution in [3.05, 3.63) is 0 Å². The third kappa shape index (κ3) is 4.18. The molecule has 0 aromatic heterocycles. The van der Waals surface area contributed by atoms with Gasteiger partial charge >= 0.3 is 21.3 Å². The molecule has 2 saturated carbocycles. The molecule has 6 unspecified atom stereocenters. The maximum atomic E-state index is 13.5. The number of hydrogen-bond donors (Lipinski definition) is 4. The summed E-state index contributed by atoms with van der Waals surface area (Å²) in [5.74, 6) is -3.59. The Hall–Kier alpha value is -0.880. The second kappa shape index (κ2) is 7.12. The Labute approximate surface area is 162 Å². The number of halogens is 2. The summed E-state index contributed by atoms with van der Waals surface area (Å²) in [4.78, 5) is 12.5. The van der Waals surface area contributed by atoms with Crippen molar-refractivity contribution in [3.63, 3.8) is 0 Å². The van der Waals surface area contributed by atoms with E-state index in [0.29, 0.717) is 12.8 Å². The van der Waals surface area contributed by atoms with E-state index in [-0.39, 0.29) is 18.3 Å². The monoisotopic (exact) mass is 430 g/mol. The van der Waals surface area contributed by atoms with E-state index in [0.717, 1.165) is 0 Å². The predicted octanol–water partition coefficient (Wildman–Crippen LogP) is 1.15. The topological polar surface area (TPSA) is 141 Å². The molecule has 0 radical (unpaired) electrons. The molecule has 0 aromatic carbocycles. The van der Waals surface area contributed by atoms with Crippen LogP contribution in [0.15, 0.2) is 0 Å². The zero-order valence-corrected chi connectivity index (χ0v) is 17.0. The van der Waals surface area contributed by atoms with Gasteiger partial charge in [-0.3, -0.25) is 9.35 Å². The van der Waals surface area contributed by atoms with Crippen LogP contribution >= 0.6 is 0 Å². The summed E-state index contributed by atoms with van der Waals surface area (Å²) < 4.78 is 61.2. The van der Waals surface area contributed by atoms with Gasteiger partial charge in [-0.2, -0.15) is 17.2 Å². The van der Waals surface area contributed by atoms with Crippen molar-refractivity contribution in [1.82, 2.24) is 0 Å². The van der Waals surface area contributed by atoms with Crippen molar-refractivity contribution in [3.8, 4) is 0 Å². The van der Waals surface area contributed by atoms with E-state index in [4.69, 9.17) is 4.55 Å². The first-order valence-electron chi connectivity index (χ1n) is 9.07. The first-order chi connectivity index (χ1) is 12.4. The van der Waals surface area contributed by atoms with E-state index in [1.54, 1.807) is 27.7 Å². The maximum Gasteiger partial charge on any atom is 0.430 e. The van der Waals surface area contributed by atoms with Crippen LogP contribution < -0.4 is 0 Å². The molecule has 6 atom stereocenters. The Balaban J connectivity index is 2.28. The molecule has 2 fully saturated rings. The molecule has 4 N–H and O–H groups in total. The van der Waals surface area contributed by atoms with Crippen LogP contribution in [-0.2, 0) is 19.6 Å². The van der Waals surface area contributed by atoms with E-state index in [9.17, 15) is 37.3 Å². The average Bonchev–Trinajstić information content (AvgIpc) is 2.78. The van der Waals surface area contributed by atoms with Crippen molar-refractivity contribution in [1.29, 1.82) is 0 Å². The average molecular weight is 430 g/mol. The summed E-state index contributed by atoms with van der Waals surface area (Å²) in [6.07, 6.45) is -2.21. The van der Waals surface area contributed by atoms with Crippen molar-refractivity contribution < 1.29 is 46.6 Å². The van der Waals surface area contributed by atoms with E-state index in [1.807, 2.05) is 0 Å². The lowest BCUT2D eigenvalue weighted by molar-refractivity contribution is -0.212. The fourth-order valence-electron chi connectivity index (χ4n) is 5.19. The first kappa shape index (κ1) is 23.4. The summed E-state index contributed by atoms with van der Waals surface area (Å²) in [7, 11) is -5.98. The Morgan fingerprint density at radius 2 is 1.57 bits per heavy atom. The first-order valence-corrected chi connectivity index (χ1v) is 10.5. The van der Waals surface area contributed by atoms with Crippen LogP contribution in [0.25, 0.3) is 0 Å². The highest BCUT2D eigenvalue weighted by atomic mass is 32.2. The largest absolute Gasteiger partial charge is 0.430 e. The summed E-state index contributed by atoms with van der Waals surface area (Å²) >= 11 is 0. The van der Waals surface area contributed by atoms with Crippen molar-refractivity contribution in [2.24, 2.45) is 29.6 Å². The third-order valence-electron chi connectivity index (χ3n) is 6.09. The molecule has 0 aromatic rings. The number of alkyl halides is 2. The van der Waals surface area contributed by atoms with Gasteiger partial charge in [0, 0.05) is 0 Å². The smallest absolute Gasteiger partial charge is 0.428 e. The highest BCUT2D eigenvalue weighted by molar-refractivity contribution is 7.86. The van der Waals surface area contributed by atoms with Gasteiger partial charge in [0.2, 0.25) is 0 Å². The van der Waals surface area contributed by atoms with Gasteiger partial charge in [0.25, 0.3) is 6.29 Å². The molecule has 2 aliphatic rings. The number of rotatable bonds is 6. The van der Waals surface area contributed by atoms with Gasteiger partial charge in [0.1, 0.15) is 0 Å². The van der Waals surface area contributed by atoms with Crippen LogP contribution in [0.5, 0.6) is 0 Å². The van der Waals surface area contributed by atoms with Gasteiger partial charge in [0.05, 0.1) is 17.1 Å². The van der Waals surface area contributed by atoms with Gasteiger partial charge in [-0.05, 0) is 70.6 Å². The number of aliphatic hydroxyl groups excluding tert-OH is 1. The molecule has 0 heterocycles. The molecule has 0 spiro atoms. The predicted molar refractivity (Wildman–Crippen MR) is 92.5 cm³/mol. The van der Waals surface area contributed by atoms with Crippen LogP contribution in [0.3, 0.4) is 0 Å². The van der Waals surface area contributed by atoms with Gasteiger partial charge in [-0.15, -0.1) is 0 Å². The van der Waals surface area contributed by atoms with Gasteiger partial charge in [0.15, 0.2) is 0 Å². The minimum atomic E-state index is -5.98. The van der Waals surface area contributed by atoms with E-state index in [2.05, 4.69) is 4.74 Å². The zero-order chi connectivity index (χ0) is 21.9. The van der Waals surface area contributed by atoms with E-state index >= 15 is 0 Å². The molecule has 0 amide bonds. The van der Waals surface area contributed by atoms with Crippen molar-refractivity contribution >= 4 is 16.1 Å². The minimum Gasteiger partial charge on any atom is -0.428 e. The molecule has 0 aliphatic heterocycles. The maximum absolute atomic E-state index is 13.5. The lowest BCUT2D eigenvalue weighted by atomic mass is 9.69. The molecular weight excluding hydrogens is 402 g/mol. The molecule has 2 aliphatic carbocycles. The third-order valence-corrected chi connectivity index (χ3v) is 6.98. The Morgan fingerprint density at radius 3 is 2.00 bits per heavy atom. The second-order valence-corrected chi connectivity index (χ2v) is 10.5. The van der Waals surface area contributed by atoms with Crippen LogP contribution in [-0.4, -0.2) is 57.0 Å². The van der Waals surface area contributed by atoms with Crippen molar-refractivity contribution in [2.75, 3.05) is 0 Å². The molecule has 164 valence electrons. The lowest BCUT2D eigenvalue weighted by Crippen LogP contribution is -2.48. The number of esters is 1. The number of fused-ring (bicyclic) bond motifs is 2. The van der Waals surface area contributed by atoms with Crippen LogP contribution in [0.4, 0.5) is 8.78 Å². The standard InChI is InChI=1S/C17H28F2O8S/c1-15(2,22)11-8-5-6-9(10(7-8)12(11)16(3,4)23)13(20)27-14(21)17(18,19)28(24,25)26/h8-12,14,21-23H,5-7H2,1-4H3,(H,24,25,26). The molecule has 0 saturated heterocycles. The molecule has 28 heavy (non-hydrogen) atoms. The number of carbonyl (C=O) groups excluding carboxylic acids is 1. The van der Waals surface area contributed by atoms with Crippen LogP contribution in [0.2, 0.25) is 0 Å². The normalized spacial score (nSPS) is 32.9. The molecule has 11 heteroatoms. The highest BCUT2D eigenvalue weighted by Gasteiger charge is 2.60. The quantitative estimate of drug-likeness (QED) is 0.279. The number of carbonyl (C=O) groups is 1. The lowest BCUT2D eigenvalue weighted by Gasteiger charge is -2.41. The molecule has 2 bridgehead atoms. The summed E-state index contributed by atoms with van der Waals surface area (Å²) in [5.41, 5.74) is -2.44. The Morgan fingerprint density at radius 1 is 1.07 bits per heavy atom. The Kier molecular flexibility index (Phi) is 5.95. The van der Waals surface area contributed by atoms with Crippen LogP contribution in [0, 0.1) is 29.6 Å². The SMILES string of the molecule is CC(C)(O)C1C2CCC(C(=O)OC(O)C(F)(F)S(=O)(=O)O)C(C2)C1C(C)(C)O. The van der Waals surface area contributed by atoms with Crippen LogP contribution in [0.1, 0.15) is 47.0 Å². The van der Waals surface area contributed by atoms with Crippen molar-refractivity contribution in [2.45, 2.75) is 69.7 Å². The molecular formula is C17H28F2O8S. The van der Waals surface area contributed by atoms with E-state index in [1.165, 1.54) is 0 Å². The fourth-order valence-corrected chi connectivity index (χ4v) is 5.49. The highest BCUT2D eigenvalue weighted by Crippen LogP contribution is 2.58. The summed E-state index contributed by atoms with van der Waals surface area (Å²) in [6.45, 7) is 6.31. The molecule has 2 rings (SSSR count). The fraction of sp³-hybridized carbons (Fsp3) is 0.941. The number of aliphatic hydroxyl groups is 3. The zero-order valence-electron chi connectivity index (χ0n) is 16.2. The molecule has 8 nitrogen and oxygen atoms in total. The number of ether oxygens (including phenoxy) is 1. The minimum absolute atomic E-state index is 0.00894. The summed E-state index contributed by atoms with van der Waals surface area (Å²) in [5, 5.41) is 25.6. The summed E-state index contributed by atoms with van der Waals surface area (Å²) in [6, 6.07) is 0. The van der Waals surface area contributed by atoms with Gasteiger partial charge in [-0.1, -0.05) is 0 Å². The van der Waals surface area contributed by atoms with E-state index < -0.39 is 56.6 Å². The van der Waals surface area contributed by atoms with Gasteiger partial charge in [-0.25, -0.2) is 0 Å². The van der Waals surface area contributed by atoms with Gasteiger partial charge < -0.3 is 20.1 Å². The number of hydrogen-bond acceptors (Lipinski definition) is 7. The second-order valence-electron chi connectivity index (χ2n) is 9.03.